The summed E-state index contributed by atoms with van der Waals surface area (Å²) in [5.74, 6) is -0.880. The molecular formula is C7H5F3N2O3. The number of pyridine rings is 1. The third-order valence-corrected chi connectivity index (χ3v) is 1.55. The van der Waals surface area contributed by atoms with Gasteiger partial charge in [-0.25, -0.2) is 4.98 Å². The monoisotopic (exact) mass is 222 g/mol. The first kappa shape index (κ1) is 11.2. The Labute approximate surface area is 81.6 Å². The molecule has 15 heavy (non-hydrogen) atoms. The van der Waals surface area contributed by atoms with Crippen LogP contribution in [0.25, 0.3) is 0 Å². The van der Waals surface area contributed by atoms with Crippen LogP contribution in [0.5, 0.6) is 5.75 Å². The highest BCUT2D eigenvalue weighted by Gasteiger charge is 2.39. The number of nitro groups is 1. The number of ether oxygens (including phenoxy) is 1. The zero-order chi connectivity index (χ0) is 11.6. The first-order valence-electron chi connectivity index (χ1n) is 3.62. The summed E-state index contributed by atoms with van der Waals surface area (Å²) >= 11 is 0. The van der Waals surface area contributed by atoms with Gasteiger partial charge in [0.15, 0.2) is 5.69 Å². The number of halogens is 3. The number of hydrogen-bond acceptors (Lipinski definition) is 4. The Balaban J connectivity index is 3.42. The predicted octanol–water partition coefficient (Wildman–Crippen LogP) is 2.02. The van der Waals surface area contributed by atoms with E-state index in [4.69, 9.17) is 0 Å². The molecule has 0 amide bonds. The molecule has 0 spiro atoms. The molecule has 0 saturated carbocycles. The maximum atomic E-state index is 12.3. The molecule has 1 aromatic rings. The summed E-state index contributed by atoms with van der Waals surface area (Å²) in [5.41, 5.74) is -2.17. The lowest BCUT2D eigenvalue weighted by atomic mass is 10.3. The van der Waals surface area contributed by atoms with Gasteiger partial charge in [-0.05, 0) is 0 Å². The van der Waals surface area contributed by atoms with Gasteiger partial charge in [0, 0.05) is 12.3 Å². The fourth-order valence-corrected chi connectivity index (χ4v) is 0.985. The van der Waals surface area contributed by atoms with Crippen LogP contribution in [0.1, 0.15) is 5.69 Å². The van der Waals surface area contributed by atoms with Crippen LogP contribution in [0.4, 0.5) is 18.9 Å². The van der Waals surface area contributed by atoms with E-state index in [9.17, 15) is 23.3 Å². The molecule has 1 aromatic heterocycles. The molecular weight excluding hydrogens is 217 g/mol. The second kappa shape index (κ2) is 3.71. The third kappa shape index (κ3) is 2.14. The highest BCUT2D eigenvalue weighted by molar-refractivity contribution is 5.49. The Morgan fingerprint density at radius 3 is 2.53 bits per heavy atom. The molecule has 1 heterocycles. The van der Waals surface area contributed by atoms with E-state index < -0.39 is 28.2 Å². The molecule has 1 rings (SSSR count). The SMILES string of the molecule is COc1c([N+](=O)[O-])ccnc1C(F)(F)F. The lowest BCUT2D eigenvalue weighted by Gasteiger charge is -2.09. The van der Waals surface area contributed by atoms with E-state index in [1.54, 1.807) is 0 Å². The molecule has 0 atom stereocenters. The number of hydrogen-bond donors (Lipinski definition) is 0. The van der Waals surface area contributed by atoms with Crippen molar-refractivity contribution in [2.45, 2.75) is 6.18 Å². The van der Waals surface area contributed by atoms with Crippen LogP contribution < -0.4 is 4.74 Å². The van der Waals surface area contributed by atoms with Gasteiger partial charge in [0.1, 0.15) is 0 Å². The summed E-state index contributed by atoms with van der Waals surface area (Å²) < 4.78 is 41.3. The molecule has 0 N–H and O–H groups in total. The van der Waals surface area contributed by atoms with Gasteiger partial charge in [-0.1, -0.05) is 0 Å². The Morgan fingerprint density at radius 1 is 1.53 bits per heavy atom. The Morgan fingerprint density at radius 2 is 2.13 bits per heavy atom. The molecule has 0 aliphatic carbocycles. The van der Waals surface area contributed by atoms with Crippen molar-refractivity contribution in [3.05, 3.63) is 28.1 Å². The minimum atomic E-state index is -4.78. The number of aromatic nitrogens is 1. The van der Waals surface area contributed by atoms with Crippen LogP contribution in [-0.2, 0) is 6.18 Å². The third-order valence-electron chi connectivity index (χ3n) is 1.55. The Hall–Kier alpha value is -1.86. The van der Waals surface area contributed by atoms with Gasteiger partial charge in [-0.15, -0.1) is 0 Å². The molecule has 82 valence electrons. The average Bonchev–Trinajstić information content (AvgIpc) is 2.15. The van der Waals surface area contributed by atoms with Crippen molar-refractivity contribution in [2.24, 2.45) is 0 Å². The predicted molar refractivity (Wildman–Crippen MR) is 42.4 cm³/mol. The van der Waals surface area contributed by atoms with Crippen LogP contribution in [0, 0.1) is 10.1 Å². The van der Waals surface area contributed by atoms with Crippen molar-refractivity contribution < 1.29 is 22.8 Å². The Bertz CT molecular complexity index is 392. The molecule has 0 radical (unpaired) electrons. The molecule has 0 unspecified atom stereocenters. The van der Waals surface area contributed by atoms with Crippen molar-refractivity contribution in [1.29, 1.82) is 0 Å². The lowest BCUT2D eigenvalue weighted by Crippen LogP contribution is -2.11. The fraction of sp³-hybridized carbons (Fsp3) is 0.286. The number of alkyl halides is 3. The van der Waals surface area contributed by atoms with Gasteiger partial charge in [0.2, 0.25) is 5.75 Å². The summed E-state index contributed by atoms with van der Waals surface area (Å²) in [6, 6.07) is 0.841. The number of nitrogens with zero attached hydrogens (tertiary/aromatic N) is 2. The zero-order valence-corrected chi connectivity index (χ0v) is 7.41. The first-order valence-corrected chi connectivity index (χ1v) is 3.62. The van der Waals surface area contributed by atoms with Gasteiger partial charge in [-0.3, -0.25) is 10.1 Å². The fourth-order valence-electron chi connectivity index (χ4n) is 0.985. The summed E-state index contributed by atoms with van der Waals surface area (Å²) in [6.45, 7) is 0. The first-order chi connectivity index (χ1) is 6.88. The van der Waals surface area contributed by atoms with Crippen LogP contribution in [0.3, 0.4) is 0 Å². The van der Waals surface area contributed by atoms with Gasteiger partial charge >= 0.3 is 11.9 Å². The van der Waals surface area contributed by atoms with E-state index in [0.717, 1.165) is 13.2 Å². The van der Waals surface area contributed by atoms with E-state index in [2.05, 4.69) is 9.72 Å². The molecule has 0 aliphatic rings. The van der Waals surface area contributed by atoms with Crippen molar-refractivity contribution >= 4 is 5.69 Å². The summed E-state index contributed by atoms with van der Waals surface area (Å²) in [7, 11) is 0.916. The molecule has 0 aromatic carbocycles. The quantitative estimate of drug-likeness (QED) is 0.567. The summed E-state index contributed by atoms with van der Waals surface area (Å²) in [5, 5.41) is 10.4. The highest BCUT2D eigenvalue weighted by Crippen LogP contribution is 2.39. The molecule has 5 nitrogen and oxygen atoms in total. The summed E-state index contributed by atoms with van der Waals surface area (Å²) in [4.78, 5) is 12.4. The van der Waals surface area contributed by atoms with Crippen LogP contribution in [0.2, 0.25) is 0 Å². The average molecular weight is 222 g/mol. The van der Waals surface area contributed by atoms with Crippen LogP contribution in [0.15, 0.2) is 12.3 Å². The zero-order valence-electron chi connectivity index (χ0n) is 7.41. The molecule has 0 saturated heterocycles. The minimum Gasteiger partial charge on any atom is -0.489 e. The summed E-state index contributed by atoms with van der Waals surface area (Å²) in [6.07, 6.45) is -4.07. The van der Waals surface area contributed by atoms with Gasteiger partial charge in [0.25, 0.3) is 0 Å². The van der Waals surface area contributed by atoms with Crippen LogP contribution in [-0.4, -0.2) is 17.0 Å². The van der Waals surface area contributed by atoms with Crippen molar-refractivity contribution in [3.8, 4) is 5.75 Å². The minimum absolute atomic E-state index is 0.712. The normalized spacial score (nSPS) is 11.2. The number of rotatable bonds is 2. The maximum absolute atomic E-state index is 12.3. The Kier molecular flexibility index (Phi) is 2.78. The molecule has 8 heteroatoms. The van der Waals surface area contributed by atoms with E-state index in [0.29, 0.717) is 6.20 Å². The molecule has 0 aliphatic heterocycles. The highest BCUT2D eigenvalue weighted by atomic mass is 19.4. The second-order valence-corrected chi connectivity index (χ2v) is 2.47. The van der Waals surface area contributed by atoms with Gasteiger partial charge in [-0.2, -0.15) is 13.2 Å². The van der Waals surface area contributed by atoms with Crippen molar-refractivity contribution in [3.63, 3.8) is 0 Å². The van der Waals surface area contributed by atoms with Gasteiger partial charge < -0.3 is 4.74 Å². The van der Waals surface area contributed by atoms with Crippen molar-refractivity contribution in [1.82, 2.24) is 4.98 Å². The smallest absolute Gasteiger partial charge is 0.437 e. The molecule has 0 bridgehead atoms. The number of methoxy groups -OCH3 is 1. The van der Waals surface area contributed by atoms with Crippen LogP contribution >= 0.6 is 0 Å². The maximum Gasteiger partial charge on any atom is 0.437 e. The lowest BCUT2D eigenvalue weighted by molar-refractivity contribution is -0.386. The van der Waals surface area contributed by atoms with E-state index in [-0.39, 0.29) is 0 Å². The van der Waals surface area contributed by atoms with Gasteiger partial charge in [0.05, 0.1) is 12.0 Å². The van der Waals surface area contributed by atoms with E-state index in [1.165, 1.54) is 0 Å². The largest absolute Gasteiger partial charge is 0.489 e. The van der Waals surface area contributed by atoms with E-state index in [1.807, 2.05) is 0 Å². The second-order valence-electron chi connectivity index (χ2n) is 2.47. The van der Waals surface area contributed by atoms with Crippen molar-refractivity contribution in [2.75, 3.05) is 7.11 Å². The topological polar surface area (TPSA) is 65.3 Å². The van der Waals surface area contributed by atoms with E-state index >= 15 is 0 Å². The standard InChI is InChI=1S/C7H5F3N2O3/c1-15-5-4(12(13)14)2-3-11-6(5)7(8,9)10/h2-3H,1H3. The molecule has 0 fully saturated rings.